The molecule has 2 N–H and O–H groups in total. The van der Waals surface area contributed by atoms with Crippen LogP contribution in [0.3, 0.4) is 0 Å². The van der Waals surface area contributed by atoms with Crippen LogP contribution in [0.1, 0.15) is 49.8 Å². The number of aryl methyl sites for hydroxylation is 1. The molecule has 4 aliphatic carbocycles. The Labute approximate surface area is 171 Å². The van der Waals surface area contributed by atoms with Crippen LogP contribution in [-0.4, -0.2) is 51.9 Å². The molecule has 0 aromatic carbocycles. The van der Waals surface area contributed by atoms with E-state index in [9.17, 15) is 15.2 Å². The molecule has 29 heavy (non-hydrogen) atoms. The SMILES string of the molecule is Cc1ccc(C#N)c(N[C@@H]2CCN(C(=O)OC3C4CC5C[C@H]3C[C@@](O)(C5)C4)C2)n1. The topological polar surface area (TPSA) is 98.5 Å². The molecule has 0 radical (unpaired) electrons. The first kappa shape index (κ1) is 18.7. The first-order valence-corrected chi connectivity index (χ1v) is 10.7. The van der Waals surface area contributed by atoms with E-state index < -0.39 is 5.60 Å². The van der Waals surface area contributed by atoms with Crippen molar-refractivity contribution in [3.63, 3.8) is 0 Å². The van der Waals surface area contributed by atoms with E-state index in [4.69, 9.17) is 4.74 Å². The highest BCUT2D eigenvalue weighted by Crippen LogP contribution is 2.56. The van der Waals surface area contributed by atoms with Crippen molar-refractivity contribution in [3.05, 3.63) is 23.4 Å². The molecule has 1 aromatic heterocycles. The number of hydrogen-bond acceptors (Lipinski definition) is 6. The Morgan fingerprint density at radius 1 is 1.34 bits per heavy atom. The molecular weight excluding hydrogens is 368 g/mol. The average molecular weight is 396 g/mol. The number of likely N-dealkylation sites (tertiary alicyclic amines) is 1. The lowest BCUT2D eigenvalue weighted by Gasteiger charge is -2.57. The molecule has 2 heterocycles. The molecule has 1 saturated heterocycles. The summed E-state index contributed by atoms with van der Waals surface area (Å²) in [5, 5.41) is 23.3. The van der Waals surface area contributed by atoms with Crippen LogP contribution in [0.5, 0.6) is 0 Å². The number of nitriles is 1. The molecule has 1 aromatic rings. The molecule has 0 spiro atoms. The minimum absolute atomic E-state index is 0.0463. The molecular formula is C22H28N4O3. The van der Waals surface area contributed by atoms with E-state index >= 15 is 0 Å². The van der Waals surface area contributed by atoms with Gasteiger partial charge in [-0.3, -0.25) is 0 Å². The molecule has 7 heteroatoms. The van der Waals surface area contributed by atoms with Gasteiger partial charge in [0.2, 0.25) is 0 Å². The Morgan fingerprint density at radius 2 is 2.10 bits per heavy atom. The van der Waals surface area contributed by atoms with Crippen molar-refractivity contribution in [2.24, 2.45) is 17.8 Å². The van der Waals surface area contributed by atoms with Crippen LogP contribution in [0.2, 0.25) is 0 Å². The van der Waals surface area contributed by atoms with Gasteiger partial charge in [0.25, 0.3) is 0 Å². The molecule has 154 valence electrons. The van der Waals surface area contributed by atoms with Crippen LogP contribution in [0.4, 0.5) is 10.6 Å². The van der Waals surface area contributed by atoms with Gasteiger partial charge in [-0.25, -0.2) is 9.78 Å². The van der Waals surface area contributed by atoms with Gasteiger partial charge in [-0.05, 0) is 75.3 Å². The minimum atomic E-state index is -0.513. The van der Waals surface area contributed by atoms with Crippen molar-refractivity contribution >= 4 is 11.9 Å². The number of carbonyl (C=O) groups is 1. The zero-order valence-electron chi connectivity index (χ0n) is 16.8. The Hall–Kier alpha value is -2.33. The van der Waals surface area contributed by atoms with Gasteiger partial charge in [0, 0.05) is 24.8 Å². The number of nitrogens with zero attached hydrogens (tertiary/aromatic N) is 3. The molecule has 1 aliphatic heterocycles. The fourth-order valence-corrected chi connectivity index (χ4v) is 6.31. The number of amides is 1. The van der Waals surface area contributed by atoms with E-state index in [1.807, 2.05) is 13.0 Å². The molecule has 6 atom stereocenters. The van der Waals surface area contributed by atoms with Crippen LogP contribution in [0.15, 0.2) is 12.1 Å². The van der Waals surface area contributed by atoms with Gasteiger partial charge in [0.15, 0.2) is 0 Å². The largest absolute Gasteiger partial charge is 0.446 e. The lowest BCUT2D eigenvalue weighted by atomic mass is 9.53. The van der Waals surface area contributed by atoms with Crippen molar-refractivity contribution < 1.29 is 14.6 Å². The second kappa shape index (κ2) is 6.88. The van der Waals surface area contributed by atoms with Crippen molar-refractivity contribution in [3.8, 4) is 6.07 Å². The van der Waals surface area contributed by atoms with Crippen LogP contribution < -0.4 is 5.32 Å². The summed E-state index contributed by atoms with van der Waals surface area (Å²) in [6, 6.07) is 5.82. The van der Waals surface area contributed by atoms with Crippen molar-refractivity contribution in [1.29, 1.82) is 5.26 Å². The highest BCUT2D eigenvalue weighted by atomic mass is 16.6. The summed E-state index contributed by atoms with van der Waals surface area (Å²) in [6.45, 7) is 3.08. The van der Waals surface area contributed by atoms with Gasteiger partial charge < -0.3 is 20.1 Å². The zero-order chi connectivity index (χ0) is 20.2. The third kappa shape index (κ3) is 3.44. The predicted octanol–water partition coefficient (Wildman–Crippen LogP) is 2.82. The summed E-state index contributed by atoms with van der Waals surface area (Å²) in [4.78, 5) is 19.0. The fourth-order valence-electron chi connectivity index (χ4n) is 6.31. The number of hydrogen-bond donors (Lipinski definition) is 2. The molecule has 6 rings (SSSR count). The molecule has 4 saturated carbocycles. The quantitative estimate of drug-likeness (QED) is 0.815. The van der Waals surface area contributed by atoms with Crippen LogP contribution >= 0.6 is 0 Å². The van der Waals surface area contributed by atoms with Crippen molar-refractivity contribution in [2.45, 2.75) is 63.2 Å². The Morgan fingerprint density at radius 3 is 2.79 bits per heavy atom. The minimum Gasteiger partial charge on any atom is -0.446 e. The Balaban J connectivity index is 1.20. The van der Waals surface area contributed by atoms with Gasteiger partial charge in [-0.1, -0.05) is 0 Å². The molecule has 1 amide bonds. The van der Waals surface area contributed by atoms with Gasteiger partial charge in [-0.15, -0.1) is 0 Å². The summed E-state index contributed by atoms with van der Waals surface area (Å²) in [5.74, 6) is 1.80. The maximum Gasteiger partial charge on any atom is 0.410 e. The number of anilines is 1. The standard InChI is InChI=1S/C22H28N4O3/c1-13-2-3-15(11-23)20(24-13)25-18-4-5-26(12-18)21(27)29-19-16-6-14-7-17(19)10-22(28,8-14)9-16/h2-3,14,16-19,28H,4-10,12H2,1H3,(H,24,25)/t14?,16-,17?,18+,19?,22-/m0/s1. The predicted molar refractivity (Wildman–Crippen MR) is 106 cm³/mol. The number of ether oxygens (including phenoxy) is 1. The number of aromatic nitrogens is 1. The van der Waals surface area contributed by atoms with Crippen LogP contribution in [0, 0.1) is 36.0 Å². The highest BCUT2D eigenvalue weighted by Gasteiger charge is 2.56. The number of aliphatic hydroxyl groups is 1. The summed E-state index contributed by atoms with van der Waals surface area (Å²) in [5.41, 5.74) is 0.855. The first-order chi connectivity index (χ1) is 13.9. The van der Waals surface area contributed by atoms with Gasteiger partial charge in [0.1, 0.15) is 18.0 Å². The normalized spacial score (nSPS) is 37.4. The second-order valence-corrected chi connectivity index (χ2v) is 9.58. The van der Waals surface area contributed by atoms with Gasteiger partial charge in [-0.2, -0.15) is 5.26 Å². The Kier molecular flexibility index (Phi) is 4.43. The monoisotopic (exact) mass is 396 g/mol. The van der Waals surface area contributed by atoms with Gasteiger partial charge in [0.05, 0.1) is 11.2 Å². The smallest absolute Gasteiger partial charge is 0.410 e. The second-order valence-electron chi connectivity index (χ2n) is 9.58. The lowest BCUT2D eigenvalue weighted by Crippen LogP contribution is -2.58. The third-order valence-electron chi connectivity index (χ3n) is 7.33. The van der Waals surface area contributed by atoms with E-state index in [1.54, 1.807) is 11.0 Å². The average Bonchev–Trinajstić information content (AvgIpc) is 3.12. The Bertz CT molecular complexity index is 850. The third-order valence-corrected chi connectivity index (χ3v) is 7.33. The van der Waals surface area contributed by atoms with Crippen molar-refractivity contribution in [2.75, 3.05) is 18.4 Å². The highest BCUT2D eigenvalue weighted by molar-refractivity contribution is 5.68. The lowest BCUT2D eigenvalue weighted by molar-refractivity contribution is -0.177. The maximum atomic E-state index is 12.8. The van der Waals surface area contributed by atoms with Crippen LogP contribution in [-0.2, 0) is 4.74 Å². The fraction of sp³-hybridized carbons (Fsp3) is 0.682. The van der Waals surface area contributed by atoms with Gasteiger partial charge >= 0.3 is 6.09 Å². The molecule has 3 unspecified atom stereocenters. The molecule has 5 aliphatic rings. The van der Waals surface area contributed by atoms with Crippen molar-refractivity contribution in [1.82, 2.24) is 9.88 Å². The van der Waals surface area contributed by atoms with E-state index in [-0.39, 0.29) is 18.2 Å². The molecule has 4 bridgehead atoms. The zero-order valence-corrected chi connectivity index (χ0v) is 16.8. The first-order valence-electron chi connectivity index (χ1n) is 10.7. The summed E-state index contributed by atoms with van der Waals surface area (Å²) < 4.78 is 6.00. The van der Waals surface area contributed by atoms with E-state index in [2.05, 4.69) is 16.4 Å². The maximum absolute atomic E-state index is 12.8. The summed E-state index contributed by atoms with van der Waals surface area (Å²) in [6.07, 6.45) is 5.16. The van der Waals surface area contributed by atoms with E-state index in [0.29, 0.717) is 42.2 Å². The number of pyridine rings is 1. The number of nitrogens with one attached hydrogen (secondary N) is 1. The van der Waals surface area contributed by atoms with E-state index in [1.165, 1.54) is 0 Å². The molecule has 5 fully saturated rings. The summed E-state index contributed by atoms with van der Waals surface area (Å²) >= 11 is 0. The number of carbonyl (C=O) groups excluding carboxylic acids is 1. The van der Waals surface area contributed by atoms with E-state index in [0.717, 1.165) is 44.2 Å². The number of rotatable bonds is 3. The van der Waals surface area contributed by atoms with Crippen LogP contribution in [0.25, 0.3) is 0 Å². The summed E-state index contributed by atoms with van der Waals surface area (Å²) in [7, 11) is 0. The molecule has 7 nitrogen and oxygen atoms in total.